The van der Waals surface area contributed by atoms with E-state index in [2.05, 4.69) is 30.6 Å². The summed E-state index contributed by atoms with van der Waals surface area (Å²) in [5.41, 5.74) is 2.72. The monoisotopic (exact) mass is 377 g/mol. The van der Waals surface area contributed by atoms with Crippen LogP contribution in [0.25, 0.3) is 11.0 Å². The topological polar surface area (TPSA) is 72.0 Å². The number of sulfonamides is 1. The molecule has 0 aliphatic rings. The lowest BCUT2D eigenvalue weighted by atomic mass is 10.2. The fourth-order valence-electron chi connectivity index (χ4n) is 2.00. The van der Waals surface area contributed by atoms with Crippen LogP contribution in [0.5, 0.6) is 0 Å². The molecule has 3 rings (SSSR count). The number of aryl methyl sites for hydroxylation is 1. The first-order chi connectivity index (χ1) is 10.5. The van der Waals surface area contributed by atoms with Gasteiger partial charge >= 0.3 is 0 Å². The quantitative estimate of drug-likeness (QED) is 0.757. The van der Waals surface area contributed by atoms with E-state index in [1.165, 1.54) is 0 Å². The van der Waals surface area contributed by atoms with Crippen molar-refractivity contribution in [3.63, 3.8) is 0 Å². The smallest absolute Gasteiger partial charge is 0.261 e. The van der Waals surface area contributed by atoms with E-state index in [-0.39, 0.29) is 4.90 Å². The van der Waals surface area contributed by atoms with Crippen LogP contribution in [0.15, 0.2) is 58.2 Å². The fourth-order valence-corrected chi connectivity index (χ4v) is 3.74. The molecule has 0 unspecified atom stereocenters. The van der Waals surface area contributed by atoms with Crippen molar-refractivity contribution in [1.29, 1.82) is 0 Å². The second-order valence-electron chi connectivity index (χ2n) is 4.77. The van der Waals surface area contributed by atoms with Crippen molar-refractivity contribution in [3.05, 3.63) is 58.8 Å². The third kappa shape index (κ3) is 2.82. The highest BCUT2D eigenvalue weighted by molar-refractivity contribution is 9.10. The Morgan fingerprint density at radius 3 is 2.41 bits per heavy atom. The Bertz CT molecular complexity index is 941. The van der Waals surface area contributed by atoms with Crippen LogP contribution in [0.3, 0.4) is 0 Å². The van der Waals surface area contributed by atoms with E-state index in [1.807, 2.05) is 6.92 Å². The molecule has 22 heavy (non-hydrogen) atoms. The Kier molecular flexibility index (Phi) is 3.84. The van der Waals surface area contributed by atoms with Gasteiger partial charge in [0.25, 0.3) is 10.0 Å². The van der Waals surface area contributed by atoms with E-state index in [4.69, 9.17) is 0 Å². The van der Waals surface area contributed by atoms with Crippen LogP contribution < -0.4 is 4.72 Å². The summed E-state index contributed by atoms with van der Waals surface area (Å²) in [6.07, 6.45) is 3.15. The first-order valence-electron chi connectivity index (χ1n) is 6.46. The molecule has 0 aliphatic heterocycles. The number of halogens is 1. The molecule has 0 radical (unpaired) electrons. The second kappa shape index (κ2) is 5.66. The van der Waals surface area contributed by atoms with Gasteiger partial charge in [0.1, 0.15) is 5.52 Å². The van der Waals surface area contributed by atoms with Crippen molar-refractivity contribution >= 4 is 42.7 Å². The maximum atomic E-state index is 12.4. The van der Waals surface area contributed by atoms with Crippen LogP contribution in [-0.4, -0.2) is 18.4 Å². The molecule has 1 heterocycles. The van der Waals surface area contributed by atoms with Gasteiger partial charge in [-0.1, -0.05) is 17.7 Å². The van der Waals surface area contributed by atoms with Gasteiger partial charge in [0, 0.05) is 12.4 Å². The number of fused-ring (bicyclic) bond motifs is 1. The third-order valence-electron chi connectivity index (χ3n) is 3.15. The molecular weight excluding hydrogens is 366 g/mol. The second-order valence-corrected chi connectivity index (χ2v) is 7.25. The molecule has 0 fully saturated rings. The van der Waals surface area contributed by atoms with E-state index in [0.717, 1.165) is 5.56 Å². The van der Waals surface area contributed by atoms with Crippen molar-refractivity contribution in [2.75, 3.05) is 4.72 Å². The minimum atomic E-state index is -3.65. The minimum absolute atomic E-state index is 0.212. The minimum Gasteiger partial charge on any atom is -0.278 e. The largest absolute Gasteiger partial charge is 0.278 e. The molecule has 0 atom stereocenters. The summed E-state index contributed by atoms with van der Waals surface area (Å²) in [7, 11) is -3.65. The molecule has 0 amide bonds. The molecule has 0 saturated heterocycles. The summed E-state index contributed by atoms with van der Waals surface area (Å²) >= 11 is 3.39. The Labute approximate surface area is 136 Å². The summed E-state index contributed by atoms with van der Waals surface area (Å²) < 4.78 is 28.0. The molecule has 0 saturated carbocycles. The number of rotatable bonds is 3. The summed E-state index contributed by atoms with van der Waals surface area (Å²) in [6, 6.07) is 10.1. The molecule has 112 valence electrons. The van der Waals surface area contributed by atoms with Crippen molar-refractivity contribution in [3.8, 4) is 0 Å². The van der Waals surface area contributed by atoms with Crippen LogP contribution in [0, 0.1) is 6.92 Å². The predicted molar refractivity (Wildman–Crippen MR) is 89.2 cm³/mol. The molecule has 5 nitrogen and oxygen atoms in total. The van der Waals surface area contributed by atoms with Gasteiger partial charge < -0.3 is 0 Å². The lowest BCUT2D eigenvalue weighted by molar-refractivity contribution is 0.601. The molecule has 1 aromatic heterocycles. The van der Waals surface area contributed by atoms with Crippen LogP contribution >= 0.6 is 15.9 Å². The van der Waals surface area contributed by atoms with Crippen molar-refractivity contribution in [2.45, 2.75) is 11.8 Å². The summed E-state index contributed by atoms with van der Waals surface area (Å²) in [5, 5.41) is 0. The molecule has 2 aromatic carbocycles. The lowest BCUT2D eigenvalue weighted by Crippen LogP contribution is -2.13. The van der Waals surface area contributed by atoms with Gasteiger partial charge in [0.05, 0.1) is 20.6 Å². The molecule has 1 N–H and O–H groups in total. The predicted octanol–water partition coefficient (Wildman–Crippen LogP) is 3.50. The van der Waals surface area contributed by atoms with Gasteiger partial charge in [0.15, 0.2) is 0 Å². The summed E-state index contributed by atoms with van der Waals surface area (Å²) in [4.78, 5) is 8.60. The van der Waals surface area contributed by atoms with E-state index in [0.29, 0.717) is 21.2 Å². The zero-order valence-electron chi connectivity index (χ0n) is 11.6. The number of hydrogen-bond acceptors (Lipinski definition) is 4. The van der Waals surface area contributed by atoms with Gasteiger partial charge in [-0.25, -0.2) is 8.42 Å². The summed E-state index contributed by atoms with van der Waals surface area (Å²) in [5.74, 6) is 0. The number of benzene rings is 2. The van der Waals surface area contributed by atoms with Crippen molar-refractivity contribution in [1.82, 2.24) is 9.97 Å². The van der Waals surface area contributed by atoms with E-state index < -0.39 is 10.0 Å². The first kappa shape index (κ1) is 14.9. The number of hydrogen-bond donors (Lipinski definition) is 1. The Morgan fingerprint density at radius 2 is 1.68 bits per heavy atom. The molecule has 7 heteroatoms. The Morgan fingerprint density at radius 1 is 1.00 bits per heavy atom. The molecular formula is C15H12BrN3O2S. The molecule has 3 aromatic rings. The average molecular weight is 378 g/mol. The van der Waals surface area contributed by atoms with E-state index >= 15 is 0 Å². The van der Waals surface area contributed by atoms with E-state index in [9.17, 15) is 8.42 Å². The standard InChI is InChI=1S/C15H12BrN3O2S/c1-10-2-4-11(5-3-10)22(20,21)19-12-6-7-13-15(14(12)16)18-9-8-17-13/h2-9,19H,1H3. The highest BCUT2D eigenvalue weighted by atomic mass is 79.9. The van der Waals surface area contributed by atoms with E-state index in [1.54, 1.807) is 48.8 Å². The van der Waals surface area contributed by atoms with Crippen molar-refractivity contribution < 1.29 is 8.42 Å². The van der Waals surface area contributed by atoms with Crippen LogP contribution in [-0.2, 0) is 10.0 Å². The number of nitrogens with zero attached hydrogens (tertiary/aromatic N) is 2. The van der Waals surface area contributed by atoms with Crippen LogP contribution in [0.2, 0.25) is 0 Å². The Hall–Kier alpha value is -1.99. The molecule has 0 spiro atoms. The normalized spacial score (nSPS) is 11.5. The molecule has 0 aliphatic carbocycles. The number of aromatic nitrogens is 2. The van der Waals surface area contributed by atoms with Gasteiger partial charge in [-0.05, 0) is 47.1 Å². The highest BCUT2D eigenvalue weighted by Crippen LogP contribution is 2.30. The zero-order valence-corrected chi connectivity index (χ0v) is 14.0. The van der Waals surface area contributed by atoms with Gasteiger partial charge in [-0.2, -0.15) is 0 Å². The first-order valence-corrected chi connectivity index (χ1v) is 8.74. The maximum Gasteiger partial charge on any atom is 0.261 e. The van der Waals surface area contributed by atoms with Crippen molar-refractivity contribution in [2.24, 2.45) is 0 Å². The SMILES string of the molecule is Cc1ccc(S(=O)(=O)Nc2ccc3nccnc3c2Br)cc1. The Balaban J connectivity index is 2.02. The zero-order chi connectivity index (χ0) is 15.7. The van der Waals surface area contributed by atoms with Gasteiger partial charge in [-0.15, -0.1) is 0 Å². The summed E-state index contributed by atoms with van der Waals surface area (Å²) in [6.45, 7) is 1.91. The maximum absolute atomic E-state index is 12.4. The highest BCUT2D eigenvalue weighted by Gasteiger charge is 2.16. The lowest BCUT2D eigenvalue weighted by Gasteiger charge is -2.11. The van der Waals surface area contributed by atoms with Gasteiger partial charge in [0.2, 0.25) is 0 Å². The molecule has 0 bridgehead atoms. The van der Waals surface area contributed by atoms with Crippen LogP contribution in [0.4, 0.5) is 5.69 Å². The number of anilines is 1. The van der Waals surface area contributed by atoms with Gasteiger partial charge in [-0.3, -0.25) is 14.7 Å². The number of nitrogens with one attached hydrogen (secondary N) is 1. The van der Waals surface area contributed by atoms with Crippen LogP contribution in [0.1, 0.15) is 5.56 Å². The fraction of sp³-hybridized carbons (Fsp3) is 0.0667. The third-order valence-corrected chi connectivity index (χ3v) is 5.34. The average Bonchev–Trinajstić information content (AvgIpc) is 2.51.